The topological polar surface area (TPSA) is 91.5 Å². The van der Waals surface area contributed by atoms with Crippen molar-refractivity contribution >= 4 is 11.7 Å². The molecule has 2 rings (SSSR count). The number of hydrogen-bond donors (Lipinski definition) is 3. The average molecular weight is 292 g/mol. The number of nitrogens with two attached hydrogens (primary N) is 1. The molecule has 2 heterocycles. The van der Waals surface area contributed by atoms with Crippen LogP contribution in [0.5, 0.6) is 0 Å². The minimum absolute atomic E-state index is 0.226. The molecule has 1 amide bonds. The number of carbonyl (C=O) groups excluding carboxylic acids is 1. The van der Waals surface area contributed by atoms with Crippen molar-refractivity contribution in [3.05, 3.63) is 22.9 Å². The van der Waals surface area contributed by atoms with Crippen LogP contribution in [0, 0.1) is 13.8 Å². The van der Waals surface area contributed by atoms with Crippen molar-refractivity contribution in [1.29, 1.82) is 0 Å². The SMILES string of the molecule is Cc1cc(C(=O)NC(C)N)c(N2CCC[C@@H](O)C2)nc1C. The average Bonchev–Trinajstić information content (AvgIpc) is 2.40. The smallest absolute Gasteiger partial charge is 0.256 e. The normalized spacial score (nSPS) is 20.2. The number of aromatic nitrogens is 1. The van der Waals surface area contributed by atoms with Crippen LogP contribution in [0.3, 0.4) is 0 Å². The zero-order valence-electron chi connectivity index (χ0n) is 12.9. The predicted molar refractivity (Wildman–Crippen MR) is 82.3 cm³/mol. The van der Waals surface area contributed by atoms with Gasteiger partial charge in [-0.1, -0.05) is 0 Å². The lowest BCUT2D eigenvalue weighted by molar-refractivity contribution is 0.0940. The molecule has 1 saturated heterocycles. The molecule has 6 heteroatoms. The van der Waals surface area contributed by atoms with E-state index in [9.17, 15) is 9.90 Å². The molecule has 2 atom stereocenters. The van der Waals surface area contributed by atoms with Gasteiger partial charge in [0.1, 0.15) is 5.82 Å². The van der Waals surface area contributed by atoms with Crippen LogP contribution in [0.4, 0.5) is 5.82 Å². The van der Waals surface area contributed by atoms with E-state index in [-0.39, 0.29) is 12.0 Å². The molecule has 0 radical (unpaired) electrons. The summed E-state index contributed by atoms with van der Waals surface area (Å²) < 4.78 is 0. The number of carbonyl (C=O) groups is 1. The van der Waals surface area contributed by atoms with Crippen LogP contribution < -0.4 is 16.0 Å². The largest absolute Gasteiger partial charge is 0.391 e. The molecule has 21 heavy (non-hydrogen) atoms. The fraction of sp³-hybridized carbons (Fsp3) is 0.600. The summed E-state index contributed by atoms with van der Waals surface area (Å²) >= 11 is 0. The van der Waals surface area contributed by atoms with E-state index >= 15 is 0 Å². The number of aliphatic hydroxyl groups is 1. The van der Waals surface area contributed by atoms with E-state index in [1.165, 1.54) is 0 Å². The first kappa shape index (κ1) is 15.7. The molecule has 1 fully saturated rings. The summed E-state index contributed by atoms with van der Waals surface area (Å²) in [5.41, 5.74) is 8.02. The highest BCUT2D eigenvalue weighted by Crippen LogP contribution is 2.24. The van der Waals surface area contributed by atoms with Gasteiger partial charge < -0.3 is 21.1 Å². The molecule has 1 unspecified atom stereocenters. The highest BCUT2D eigenvalue weighted by atomic mass is 16.3. The van der Waals surface area contributed by atoms with E-state index < -0.39 is 6.17 Å². The molecule has 4 N–H and O–H groups in total. The second kappa shape index (κ2) is 6.41. The number of amides is 1. The first-order chi connectivity index (χ1) is 9.88. The number of nitrogens with zero attached hydrogens (tertiary/aromatic N) is 2. The lowest BCUT2D eigenvalue weighted by Gasteiger charge is -2.32. The lowest BCUT2D eigenvalue weighted by Crippen LogP contribution is -2.42. The Morgan fingerprint density at radius 2 is 2.29 bits per heavy atom. The lowest BCUT2D eigenvalue weighted by atomic mass is 10.1. The van der Waals surface area contributed by atoms with Gasteiger partial charge >= 0.3 is 0 Å². The van der Waals surface area contributed by atoms with Crippen LogP contribution >= 0.6 is 0 Å². The summed E-state index contributed by atoms with van der Waals surface area (Å²) in [7, 11) is 0. The maximum Gasteiger partial charge on any atom is 0.256 e. The highest BCUT2D eigenvalue weighted by Gasteiger charge is 2.24. The third kappa shape index (κ3) is 3.71. The van der Waals surface area contributed by atoms with E-state index in [1.54, 1.807) is 6.92 Å². The predicted octanol–water partition coefficient (Wildman–Crippen LogP) is 0.694. The minimum atomic E-state index is -0.418. The number of β-amino-alcohol motifs (C(OH)–C–C–N with tert-alkyl or cyclic N) is 1. The number of pyridine rings is 1. The van der Waals surface area contributed by atoms with E-state index in [1.807, 2.05) is 24.8 Å². The molecule has 1 aromatic heterocycles. The van der Waals surface area contributed by atoms with Crippen molar-refractivity contribution in [3.63, 3.8) is 0 Å². The van der Waals surface area contributed by atoms with Crippen molar-refractivity contribution < 1.29 is 9.90 Å². The van der Waals surface area contributed by atoms with Gasteiger partial charge in [-0.3, -0.25) is 4.79 Å². The molecule has 0 saturated carbocycles. The van der Waals surface area contributed by atoms with Gasteiger partial charge in [0.15, 0.2) is 0 Å². The monoisotopic (exact) mass is 292 g/mol. The van der Waals surface area contributed by atoms with E-state index in [2.05, 4.69) is 10.3 Å². The third-order valence-electron chi connectivity index (χ3n) is 3.75. The molecule has 0 bridgehead atoms. The molecular weight excluding hydrogens is 268 g/mol. The van der Waals surface area contributed by atoms with Gasteiger partial charge in [0.05, 0.1) is 17.8 Å². The van der Waals surface area contributed by atoms with Gasteiger partial charge in [-0.05, 0) is 45.2 Å². The van der Waals surface area contributed by atoms with Crippen LogP contribution in [0.25, 0.3) is 0 Å². The molecule has 116 valence electrons. The van der Waals surface area contributed by atoms with Crippen LogP contribution in [0.1, 0.15) is 41.4 Å². The minimum Gasteiger partial charge on any atom is -0.391 e. The van der Waals surface area contributed by atoms with Crippen molar-refractivity contribution in [1.82, 2.24) is 10.3 Å². The summed E-state index contributed by atoms with van der Waals surface area (Å²) in [6.45, 7) is 6.88. The van der Waals surface area contributed by atoms with E-state index in [0.717, 1.165) is 30.6 Å². The summed E-state index contributed by atoms with van der Waals surface area (Å²) in [6, 6.07) is 1.84. The first-order valence-corrected chi connectivity index (χ1v) is 7.36. The molecule has 1 aliphatic rings. The number of aryl methyl sites for hydroxylation is 2. The number of anilines is 1. The molecule has 0 aliphatic carbocycles. The Morgan fingerprint density at radius 3 is 2.90 bits per heavy atom. The second-order valence-electron chi connectivity index (χ2n) is 5.77. The Kier molecular flexibility index (Phi) is 4.80. The van der Waals surface area contributed by atoms with Crippen LogP contribution in [-0.4, -0.2) is 41.4 Å². The molecular formula is C15H24N4O2. The maximum atomic E-state index is 12.3. The Bertz CT molecular complexity index is 531. The summed E-state index contributed by atoms with van der Waals surface area (Å²) in [5.74, 6) is 0.408. The van der Waals surface area contributed by atoms with Gasteiger partial charge in [0.25, 0.3) is 5.91 Å². The Hall–Kier alpha value is -1.66. The van der Waals surface area contributed by atoms with Crippen molar-refractivity contribution in [2.45, 2.75) is 45.9 Å². The van der Waals surface area contributed by atoms with Gasteiger partial charge in [0.2, 0.25) is 0 Å². The number of aliphatic hydroxyl groups excluding tert-OH is 1. The third-order valence-corrected chi connectivity index (χ3v) is 3.75. The Balaban J connectivity index is 2.38. The first-order valence-electron chi connectivity index (χ1n) is 7.36. The fourth-order valence-corrected chi connectivity index (χ4v) is 2.53. The van der Waals surface area contributed by atoms with Gasteiger partial charge in [-0.25, -0.2) is 4.98 Å². The zero-order chi connectivity index (χ0) is 15.6. The second-order valence-corrected chi connectivity index (χ2v) is 5.77. The zero-order valence-corrected chi connectivity index (χ0v) is 12.9. The summed E-state index contributed by atoms with van der Waals surface area (Å²) in [4.78, 5) is 18.9. The summed E-state index contributed by atoms with van der Waals surface area (Å²) in [6.07, 6.45) is 0.901. The van der Waals surface area contributed by atoms with Crippen LogP contribution in [0.2, 0.25) is 0 Å². The van der Waals surface area contributed by atoms with Crippen molar-refractivity contribution in [3.8, 4) is 0 Å². The van der Waals surface area contributed by atoms with Crippen LogP contribution in [-0.2, 0) is 0 Å². The Morgan fingerprint density at radius 1 is 1.57 bits per heavy atom. The van der Waals surface area contributed by atoms with E-state index in [4.69, 9.17) is 5.73 Å². The van der Waals surface area contributed by atoms with Crippen molar-refractivity contribution in [2.24, 2.45) is 5.73 Å². The molecule has 0 aromatic carbocycles. The number of rotatable bonds is 3. The number of piperidine rings is 1. The number of hydrogen-bond acceptors (Lipinski definition) is 5. The molecule has 1 aliphatic heterocycles. The maximum absolute atomic E-state index is 12.3. The quantitative estimate of drug-likeness (QED) is 0.713. The fourth-order valence-electron chi connectivity index (χ4n) is 2.53. The molecule has 1 aromatic rings. The standard InChI is InChI=1S/C15H24N4O2/c1-9-7-13(15(21)18-11(3)16)14(17-10(9)2)19-6-4-5-12(20)8-19/h7,11-12,20H,4-6,8,16H2,1-3H3,(H,18,21)/t11?,12-/m1/s1. The Labute approximate surface area is 125 Å². The van der Waals surface area contributed by atoms with Gasteiger partial charge in [0, 0.05) is 18.8 Å². The molecule has 0 spiro atoms. The highest BCUT2D eigenvalue weighted by molar-refractivity contribution is 5.99. The van der Waals surface area contributed by atoms with Gasteiger partial charge in [-0.2, -0.15) is 0 Å². The number of nitrogens with one attached hydrogen (secondary N) is 1. The van der Waals surface area contributed by atoms with E-state index in [0.29, 0.717) is 17.9 Å². The van der Waals surface area contributed by atoms with Crippen LogP contribution in [0.15, 0.2) is 6.07 Å². The molecule has 6 nitrogen and oxygen atoms in total. The van der Waals surface area contributed by atoms with Crippen molar-refractivity contribution in [2.75, 3.05) is 18.0 Å². The summed E-state index contributed by atoms with van der Waals surface area (Å²) in [5, 5.41) is 12.6. The van der Waals surface area contributed by atoms with Gasteiger partial charge in [-0.15, -0.1) is 0 Å².